The quantitative estimate of drug-likeness (QED) is 0.482. The molecule has 1 aromatic carbocycles. The van der Waals surface area contributed by atoms with E-state index in [0.717, 1.165) is 16.6 Å². The molecule has 4 heterocycles. The molecule has 4 aromatic heterocycles. The molecule has 0 N–H and O–H groups in total. The lowest BCUT2D eigenvalue weighted by atomic mass is 10.1. The largest absolute Gasteiger partial charge is 0.462 e. The van der Waals surface area contributed by atoms with Crippen LogP contribution in [0.5, 0.6) is 0 Å². The normalized spacial score (nSPS) is 11.3. The number of nitrogens with zero attached hydrogens (tertiary/aromatic N) is 5. The van der Waals surface area contributed by atoms with Crippen LogP contribution in [0.2, 0.25) is 0 Å². The summed E-state index contributed by atoms with van der Waals surface area (Å²) >= 11 is 0. The van der Waals surface area contributed by atoms with Gasteiger partial charge in [0.15, 0.2) is 5.58 Å². The fourth-order valence-corrected chi connectivity index (χ4v) is 3.00. The topological polar surface area (TPSA) is 82.8 Å². The first-order valence-corrected chi connectivity index (χ1v) is 8.52. The van der Waals surface area contributed by atoms with Gasteiger partial charge >= 0.3 is 0 Å². The first-order valence-electron chi connectivity index (χ1n) is 8.52. The van der Waals surface area contributed by atoms with E-state index in [1.807, 2.05) is 41.3 Å². The molecule has 132 valence electrons. The van der Waals surface area contributed by atoms with E-state index in [1.165, 1.54) is 5.56 Å². The van der Waals surface area contributed by atoms with Gasteiger partial charge in [-0.25, -0.2) is 4.98 Å². The van der Waals surface area contributed by atoms with Crippen LogP contribution in [-0.4, -0.2) is 25.0 Å². The second-order valence-corrected chi connectivity index (χ2v) is 6.23. The number of pyridine rings is 1. The van der Waals surface area contributed by atoms with Gasteiger partial charge in [0.25, 0.3) is 5.89 Å². The SMILES string of the molecule is Cc1nnc(-c2ccc3occ(-c4cnn(Cc5ccccc5)c4)c3n2)o1. The van der Waals surface area contributed by atoms with Crippen LogP contribution in [0.3, 0.4) is 0 Å². The van der Waals surface area contributed by atoms with Gasteiger partial charge in [-0.1, -0.05) is 30.3 Å². The van der Waals surface area contributed by atoms with Gasteiger partial charge in [-0.05, 0) is 17.7 Å². The fourth-order valence-electron chi connectivity index (χ4n) is 3.00. The van der Waals surface area contributed by atoms with E-state index in [2.05, 4.69) is 32.4 Å². The summed E-state index contributed by atoms with van der Waals surface area (Å²) in [7, 11) is 0. The Morgan fingerprint density at radius 2 is 1.93 bits per heavy atom. The number of fused-ring (bicyclic) bond motifs is 1. The van der Waals surface area contributed by atoms with Crippen molar-refractivity contribution in [2.45, 2.75) is 13.5 Å². The highest BCUT2D eigenvalue weighted by atomic mass is 16.4. The third-order valence-electron chi connectivity index (χ3n) is 4.29. The van der Waals surface area contributed by atoms with Crippen LogP contribution in [0.25, 0.3) is 33.8 Å². The van der Waals surface area contributed by atoms with Crippen LogP contribution in [0.1, 0.15) is 11.5 Å². The van der Waals surface area contributed by atoms with Crippen molar-refractivity contribution in [3.8, 4) is 22.7 Å². The highest BCUT2D eigenvalue weighted by Gasteiger charge is 2.15. The fraction of sp³-hybridized carbons (Fsp3) is 0.100. The molecule has 0 aliphatic carbocycles. The summed E-state index contributed by atoms with van der Waals surface area (Å²) in [6.07, 6.45) is 5.51. The maximum Gasteiger partial charge on any atom is 0.266 e. The van der Waals surface area contributed by atoms with Crippen LogP contribution in [0.4, 0.5) is 0 Å². The van der Waals surface area contributed by atoms with Crippen molar-refractivity contribution in [3.05, 3.63) is 72.6 Å². The van der Waals surface area contributed by atoms with Crippen LogP contribution in [0, 0.1) is 6.92 Å². The van der Waals surface area contributed by atoms with Gasteiger partial charge in [-0.2, -0.15) is 5.10 Å². The summed E-state index contributed by atoms with van der Waals surface area (Å²) in [5, 5.41) is 12.4. The molecule has 0 saturated carbocycles. The third kappa shape index (κ3) is 2.89. The predicted octanol–water partition coefficient (Wildman–Crippen LogP) is 4.10. The van der Waals surface area contributed by atoms with Gasteiger partial charge in [0, 0.05) is 24.2 Å². The molecule has 0 unspecified atom stereocenters. The van der Waals surface area contributed by atoms with Gasteiger partial charge in [-0.3, -0.25) is 4.68 Å². The monoisotopic (exact) mass is 357 g/mol. The van der Waals surface area contributed by atoms with E-state index in [9.17, 15) is 0 Å². The second-order valence-electron chi connectivity index (χ2n) is 6.23. The summed E-state index contributed by atoms with van der Waals surface area (Å²) in [5.41, 5.74) is 5.06. The Morgan fingerprint density at radius 3 is 2.74 bits per heavy atom. The van der Waals surface area contributed by atoms with Crippen LogP contribution < -0.4 is 0 Å². The minimum Gasteiger partial charge on any atom is -0.462 e. The maximum atomic E-state index is 5.66. The lowest BCUT2D eigenvalue weighted by Crippen LogP contribution is -1.99. The molecule has 0 saturated heterocycles. The summed E-state index contributed by atoms with van der Waals surface area (Å²) in [6, 6.07) is 13.9. The van der Waals surface area contributed by atoms with E-state index in [4.69, 9.17) is 8.83 Å². The number of hydrogen-bond donors (Lipinski definition) is 0. The molecule has 5 aromatic rings. The molecule has 0 aliphatic heterocycles. The first kappa shape index (κ1) is 15.5. The highest BCUT2D eigenvalue weighted by Crippen LogP contribution is 2.31. The molecule has 27 heavy (non-hydrogen) atoms. The second kappa shape index (κ2) is 6.21. The van der Waals surface area contributed by atoms with E-state index >= 15 is 0 Å². The Labute approximate surface area is 154 Å². The number of aryl methyl sites for hydroxylation is 1. The van der Waals surface area contributed by atoms with Gasteiger partial charge in [0.05, 0.1) is 12.7 Å². The van der Waals surface area contributed by atoms with E-state index < -0.39 is 0 Å². The van der Waals surface area contributed by atoms with Crippen molar-refractivity contribution >= 4 is 11.1 Å². The minimum atomic E-state index is 0.390. The van der Waals surface area contributed by atoms with Crippen LogP contribution in [-0.2, 0) is 6.54 Å². The molecule has 0 bridgehead atoms. The van der Waals surface area contributed by atoms with Crippen molar-refractivity contribution in [1.82, 2.24) is 25.0 Å². The summed E-state index contributed by atoms with van der Waals surface area (Å²) in [5.74, 6) is 0.892. The lowest BCUT2D eigenvalue weighted by Gasteiger charge is -2.00. The van der Waals surface area contributed by atoms with Gasteiger partial charge in [0.2, 0.25) is 5.89 Å². The Hall–Kier alpha value is -3.74. The Balaban J connectivity index is 1.51. The standard InChI is InChI=1S/C20H15N5O2/c1-13-23-24-20(27-13)17-7-8-18-19(22-17)16(12-26-18)15-9-21-25(11-15)10-14-5-3-2-4-6-14/h2-9,11-12H,10H2,1H3. The number of aromatic nitrogens is 5. The Bertz CT molecular complexity index is 1220. The van der Waals surface area contributed by atoms with E-state index in [-0.39, 0.29) is 0 Å². The summed E-state index contributed by atoms with van der Waals surface area (Å²) in [6.45, 7) is 2.45. The zero-order valence-electron chi connectivity index (χ0n) is 14.5. The molecular formula is C20H15N5O2. The third-order valence-corrected chi connectivity index (χ3v) is 4.29. The molecular weight excluding hydrogens is 342 g/mol. The average molecular weight is 357 g/mol. The van der Waals surface area contributed by atoms with Crippen molar-refractivity contribution in [2.24, 2.45) is 0 Å². The zero-order chi connectivity index (χ0) is 18.2. The molecule has 0 aliphatic rings. The molecule has 0 atom stereocenters. The highest BCUT2D eigenvalue weighted by molar-refractivity contribution is 5.91. The predicted molar refractivity (Wildman–Crippen MR) is 98.8 cm³/mol. The zero-order valence-corrected chi connectivity index (χ0v) is 14.5. The first-order chi connectivity index (χ1) is 13.3. The number of benzene rings is 1. The van der Waals surface area contributed by atoms with Crippen molar-refractivity contribution in [2.75, 3.05) is 0 Å². The van der Waals surface area contributed by atoms with Crippen molar-refractivity contribution in [1.29, 1.82) is 0 Å². The summed E-state index contributed by atoms with van der Waals surface area (Å²) < 4.78 is 13.0. The molecule has 7 nitrogen and oxygen atoms in total. The van der Waals surface area contributed by atoms with Crippen molar-refractivity contribution < 1.29 is 8.83 Å². The molecule has 0 fully saturated rings. The summed E-state index contributed by atoms with van der Waals surface area (Å²) in [4.78, 5) is 4.66. The number of hydrogen-bond acceptors (Lipinski definition) is 6. The van der Waals surface area contributed by atoms with E-state index in [0.29, 0.717) is 29.6 Å². The molecule has 7 heteroatoms. The van der Waals surface area contributed by atoms with Gasteiger partial charge < -0.3 is 8.83 Å². The van der Waals surface area contributed by atoms with Crippen LogP contribution >= 0.6 is 0 Å². The Kier molecular flexibility index (Phi) is 3.57. The minimum absolute atomic E-state index is 0.390. The molecule has 0 radical (unpaired) electrons. The molecule has 0 spiro atoms. The number of rotatable bonds is 4. The average Bonchev–Trinajstić information content (AvgIpc) is 3.41. The van der Waals surface area contributed by atoms with Gasteiger partial charge in [0.1, 0.15) is 17.5 Å². The van der Waals surface area contributed by atoms with E-state index in [1.54, 1.807) is 19.3 Å². The van der Waals surface area contributed by atoms with Crippen LogP contribution in [0.15, 0.2) is 70.0 Å². The maximum absolute atomic E-state index is 5.66. The Morgan fingerprint density at radius 1 is 1.04 bits per heavy atom. The van der Waals surface area contributed by atoms with Gasteiger partial charge in [-0.15, -0.1) is 10.2 Å². The smallest absolute Gasteiger partial charge is 0.266 e. The van der Waals surface area contributed by atoms with Crippen molar-refractivity contribution in [3.63, 3.8) is 0 Å². The molecule has 5 rings (SSSR count). The lowest BCUT2D eigenvalue weighted by molar-refractivity contribution is 0.531. The molecule has 0 amide bonds. The number of furan rings is 1.